The fraction of sp³-hybridized carbons (Fsp3) is 0.176. The molecule has 0 saturated carbocycles. The van der Waals surface area contributed by atoms with Crippen LogP contribution >= 0.6 is 0 Å². The lowest BCUT2D eigenvalue weighted by molar-refractivity contribution is -0.137. The van der Waals surface area contributed by atoms with Crippen LogP contribution in [0, 0.1) is 0 Å². The number of carboxylic acid groups (broad SMARTS) is 1. The van der Waals surface area contributed by atoms with Crippen molar-refractivity contribution in [3.63, 3.8) is 0 Å². The molecule has 9 heteroatoms. The number of aliphatic carboxylic acids is 1. The molecule has 0 aliphatic heterocycles. The van der Waals surface area contributed by atoms with E-state index in [4.69, 9.17) is 10.8 Å². The molecule has 3 N–H and O–H groups in total. The Kier molecular flexibility index (Phi) is 7.00. The van der Waals surface area contributed by atoms with Gasteiger partial charge in [-0.25, -0.2) is 0 Å². The van der Waals surface area contributed by atoms with E-state index < -0.39 is 23.6 Å². The summed E-state index contributed by atoms with van der Waals surface area (Å²) in [4.78, 5) is 35.0. The Hall–Kier alpha value is -3.23. The molecule has 1 amide bonds. The highest BCUT2D eigenvalue weighted by molar-refractivity contribution is 5.92. The number of pyridine rings is 1. The third kappa shape index (κ3) is 5.40. The zero-order valence-electron chi connectivity index (χ0n) is 13.6. The first-order chi connectivity index (χ1) is 12.1. The number of aromatic nitrogens is 1. The van der Waals surface area contributed by atoms with Crippen LogP contribution in [0.4, 0.5) is 13.2 Å². The van der Waals surface area contributed by atoms with Crippen LogP contribution in [0.3, 0.4) is 0 Å². The molecular formula is C17H15F3N2O4. The number of carbonyl (C=O) groups is 3. The first-order valence-electron chi connectivity index (χ1n) is 7.25. The van der Waals surface area contributed by atoms with Gasteiger partial charge in [-0.15, -0.1) is 0 Å². The van der Waals surface area contributed by atoms with Crippen molar-refractivity contribution < 1.29 is 32.7 Å². The molecule has 1 heterocycles. The standard InChI is InChI=1S/C14H9F3N2O2.C3H6O2/c15-14(16,17)10-3-1-2-9(7-20)12(10)8-4-5-11(13(18)21)19-6-8;1-2-3(4)5/h1-7H,(H2,18,21);2H2,1H3,(H,4,5). The zero-order valence-corrected chi connectivity index (χ0v) is 13.6. The van der Waals surface area contributed by atoms with E-state index in [0.29, 0.717) is 6.29 Å². The number of primary amides is 1. The molecule has 6 nitrogen and oxygen atoms in total. The minimum atomic E-state index is -4.61. The smallest absolute Gasteiger partial charge is 0.417 e. The molecule has 1 aromatic carbocycles. The number of amides is 1. The van der Waals surface area contributed by atoms with Crippen molar-refractivity contribution >= 4 is 18.2 Å². The van der Waals surface area contributed by atoms with Crippen molar-refractivity contribution in [1.29, 1.82) is 0 Å². The van der Waals surface area contributed by atoms with Crippen LogP contribution < -0.4 is 5.73 Å². The zero-order chi connectivity index (χ0) is 19.9. The average molecular weight is 368 g/mol. The van der Waals surface area contributed by atoms with Crippen LogP contribution in [0.5, 0.6) is 0 Å². The summed E-state index contributed by atoms with van der Waals surface area (Å²) in [7, 11) is 0. The first kappa shape index (κ1) is 20.8. The van der Waals surface area contributed by atoms with E-state index in [2.05, 4.69) is 4.98 Å². The quantitative estimate of drug-likeness (QED) is 0.806. The van der Waals surface area contributed by atoms with Crippen molar-refractivity contribution in [1.82, 2.24) is 4.98 Å². The van der Waals surface area contributed by atoms with E-state index in [-0.39, 0.29) is 28.8 Å². The molecule has 2 aromatic rings. The number of carbonyl (C=O) groups excluding carboxylic acids is 2. The fourth-order valence-corrected chi connectivity index (χ4v) is 1.91. The largest absolute Gasteiger partial charge is 0.481 e. The Morgan fingerprint density at radius 3 is 2.23 bits per heavy atom. The van der Waals surface area contributed by atoms with Gasteiger partial charge in [0.2, 0.25) is 0 Å². The molecule has 1 aromatic heterocycles. The van der Waals surface area contributed by atoms with Gasteiger partial charge in [0, 0.05) is 29.3 Å². The van der Waals surface area contributed by atoms with Crippen LogP contribution in [-0.4, -0.2) is 28.3 Å². The highest BCUT2D eigenvalue weighted by atomic mass is 19.4. The van der Waals surface area contributed by atoms with Crippen LogP contribution in [-0.2, 0) is 11.0 Å². The minimum absolute atomic E-state index is 0.0732. The molecular weight excluding hydrogens is 353 g/mol. The van der Waals surface area contributed by atoms with Gasteiger partial charge in [0.05, 0.1) is 5.56 Å². The van der Waals surface area contributed by atoms with Gasteiger partial charge in [-0.05, 0) is 12.1 Å². The van der Waals surface area contributed by atoms with Crippen LogP contribution in [0.2, 0.25) is 0 Å². The molecule has 0 spiro atoms. The molecule has 0 saturated heterocycles. The van der Waals surface area contributed by atoms with Gasteiger partial charge in [-0.2, -0.15) is 13.2 Å². The summed E-state index contributed by atoms with van der Waals surface area (Å²) < 4.78 is 39.1. The Balaban J connectivity index is 0.000000597. The fourth-order valence-electron chi connectivity index (χ4n) is 1.91. The van der Waals surface area contributed by atoms with Gasteiger partial charge >= 0.3 is 12.1 Å². The summed E-state index contributed by atoms with van der Waals surface area (Å²) in [6.07, 6.45) is -2.97. The predicted octanol–water partition coefficient (Wildman–Crippen LogP) is 3.16. The van der Waals surface area contributed by atoms with E-state index >= 15 is 0 Å². The number of aldehydes is 1. The van der Waals surface area contributed by atoms with Gasteiger partial charge in [0.1, 0.15) is 5.69 Å². The van der Waals surface area contributed by atoms with E-state index in [1.54, 1.807) is 6.92 Å². The second-order valence-electron chi connectivity index (χ2n) is 4.93. The molecule has 0 bridgehead atoms. The van der Waals surface area contributed by atoms with Crippen molar-refractivity contribution in [2.24, 2.45) is 5.73 Å². The highest BCUT2D eigenvalue weighted by Gasteiger charge is 2.34. The second kappa shape index (κ2) is 8.75. The molecule has 0 aliphatic carbocycles. The summed E-state index contributed by atoms with van der Waals surface area (Å²) >= 11 is 0. The summed E-state index contributed by atoms with van der Waals surface area (Å²) in [6.45, 7) is 1.60. The van der Waals surface area contributed by atoms with E-state index in [1.807, 2.05) is 0 Å². The van der Waals surface area contributed by atoms with Gasteiger partial charge < -0.3 is 10.8 Å². The Bertz CT molecular complexity index is 803. The number of halogens is 3. The van der Waals surface area contributed by atoms with Gasteiger partial charge in [-0.3, -0.25) is 19.4 Å². The molecule has 138 valence electrons. The number of nitrogens with two attached hydrogens (primary N) is 1. The van der Waals surface area contributed by atoms with Crippen LogP contribution in [0.25, 0.3) is 11.1 Å². The minimum Gasteiger partial charge on any atom is -0.481 e. The number of nitrogens with zero attached hydrogens (tertiary/aromatic N) is 1. The SMILES string of the molecule is CCC(=O)O.NC(=O)c1ccc(-c2c(C=O)cccc2C(F)(F)F)cn1. The number of carboxylic acids is 1. The lowest BCUT2D eigenvalue weighted by Gasteiger charge is -2.14. The van der Waals surface area contributed by atoms with Crippen molar-refractivity contribution in [2.45, 2.75) is 19.5 Å². The van der Waals surface area contributed by atoms with Crippen molar-refractivity contribution in [3.05, 3.63) is 53.3 Å². The maximum Gasteiger partial charge on any atom is 0.417 e. The summed E-state index contributed by atoms with van der Waals surface area (Å²) in [5, 5.41) is 7.72. The third-order valence-electron chi connectivity index (χ3n) is 3.14. The normalized spacial score (nSPS) is 10.5. The van der Waals surface area contributed by atoms with Crippen LogP contribution in [0.1, 0.15) is 39.8 Å². The molecule has 0 radical (unpaired) electrons. The molecule has 0 aliphatic rings. The second-order valence-corrected chi connectivity index (χ2v) is 4.93. The molecule has 0 fully saturated rings. The van der Waals surface area contributed by atoms with E-state index in [1.165, 1.54) is 18.2 Å². The van der Waals surface area contributed by atoms with Gasteiger partial charge in [-0.1, -0.05) is 25.1 Å². The number of alkyl halides is 3. The van der Waals surface area contributed by atoms with Crippen molar-refractivity contribution in [3.8, 4) is 11.1 Å². The maximum atomic E-state index is 13.0. The van der Waals surface area contributed by atoms with Gasteiger partial charge in [0.25, 0.3) is 5.91 Å². The maximum absolute atomic E-state index is 13.0. The topological polar surface area (TPSA) is 110 Å². The Morgan fingerprint density at radius 2 is 1.85 bits per heavy atom. The lowest BCUT2D eigenvalue weighted by Crippen LogP contribution is -2.13. The monoisotopic (exact) mass is 368 g/mol. The highest BCUT2D eigenvalue weighted by Crippen LogP contribution is 2.38. The Labute approximate surface area is 146 Å². The first-order valence-corrected chi connectivity index (χ1v) is 7.25. The van der Waals surface area contributed by atoms with E-state index in [0.717, 1.165) is 18.3 Å². The Morgan fingerprint density at radius 1 is 1.23 bits per heavy atom. The van der Waals surface area contributed by atoms with Crippen molar-refractivity contribution in [2.75, 3.05) is 0 Å². The number of hydrogen-bond acceptors (Lipinski definition) is 4. The third-order valence-corrected chi connectivity index (χ3v) is 3.14. The molecule has 2 rings (SSSR count). The summed E-state index contributed by atoms with van der Waals surface area (Å²) in [5.41, 5.74) is 3.69. The lowest BCUT2D eigenvalue weighted by atomic mass is 9.95. The molecule has 26 heavy (non-hydrogen) atoms. The number of hydrogen-bond donors (Lipinski definition) is 2. The van der Waals surface area contributed by atoms with Crippen LogP contribution in [0.15, 0.2) is 36.5 Å². The molecule has 0 unspecified atom stereocenters. The number of rotatable bonds is 4. The summed E-state index contributed by atoms with van der Waals surface area (Å²) in [5.74, 6) is -1.54. The van der Waals surface area contributed by atoms with Gasteiger partial charge in [0.15, 0.2) is 6.29 Å². The summed E-state index contributed by atoms with van der Waals surface area (Å²) in [6, 6.07) is 5.79. The van der Waals surface area contributed by atoms with E-state index in [9.17, 15) is 27.6 Å². The predicted molar refractivity (Wildman–Crippen MR) is 86.5 cm³/mol. The number of benzene rings is 1. The molecule has 0 atom stereocenters. The average Bonchev–Trinajstić information content (AvgIpc) is 2.60.